The molecule has 0 fully saturated rings. The number of carbonyl (C=O) groups excluding carboxylic acids is 1. The van der Waals surface area contributed by atoms with Crippen molar-refractivity contribution in [3.05, 3.63) is 53.6 Å². The zero-order valence-electron chi connectivity index (χ0n) is 19.2. The van der Waals surface area contributed by atoms with E-state index in [9.17, 15) is 27.9 Å². The fourth-order valence-electron chi connectivity index (χ4n) is 2.89. The van der Waals surface area contributed by atoms with E-state index in [1.807, 2.05) is 0 Å². The van der Waals surface area contributed by atoms with Crippen LogP contribution in [0.3, 0.4) is 0 Å². The molecule has 0 amide bonds. The van der Waals surface area contributed by atoms with Gasteiger partial charge in [-0.1, -0.05) is 6.07 Å². The average Bonchev–Trinajstić information content (AvgIpc) is 2.81. The first-order chi connectivity index (χ1) is 16.8. The number of carbonyl (C=O) groups is 3. The van der Waals surface area contributed by atoms with Crippen LogP contribution in [0.15, 0.2) is 42.5 Å². The number of hydrogen-bond acceptors (Lipinski definition) is 8. The molecule has 194 valence electrons. The first kappa shape index (κ1) is 28.0. The highest BCUT2D eigenvalue weighted by Crippen LogP contribution is 2.29. The second kappa shape index (κ2) is 12.0. The van der Waals surface area contributed by atoms with Crippen molar-refractivity contribution in [1.82, 2.24) is 9.03 Å². The fraction of sp³-hybridized carbons (Fsp3) is 0.238. The van der Waals surface area contributed by atoms with Crippen molar-refractivity contribution >= 4 is 39.8 Å². The minimum atomic E-state index is -4.36. The van der Waals surface area contributed by atoms with Gasteiger partial charge in [0.25, 0.3) is 10.2 Å². The van der Waals surface area contributed by atoms with Crippen LogP contribution in [0.25, 0.3) is 0 Å². The number of carboxylic acids is 2. The van der Waals surface area contributed by atoms with Crippen LogP contribution in [0.4, 0.5) is 5.69 Å². The molecule has 0 radical (unpaired) electrons. The maximum atomic E-state index is 12.5. The number of nitrogens with two attached hydrogens (primary N) is 1. The Kier molecular flexibility index (Phi) is 9.32. The standard InChI is InChI=1S/C21H25N5O9S/c1-26(15(19(29)30)10-18(27)28)36(32,33)24-11-12-3-8-16(17(9-12)34-2)35-20(31)13-4-6-14(7-5-13)25-21(22)23/h3-9,15,24H,10-11H2,1-2H3,(H,27,28)(H,29,30)(H4,22,23,25)/t15-/m0/s1. The van der Waals surface area contributed by atoms with Gasteiger partial charge in [0.2, 0.25) is 0 Å². The predicted octanol–water partition coefficient (Wildman–Crippen LogP) is 0.414. The summed E-state index contributed by atoms with van der Waals surface area (Å²) in [5.74, 6) is -3.85. The van der Waals surface area contributed by atoms with E-state index < -0.39 is 40.6 Å². The lowest BCUT2D eigenvalue weighted by Crippen LogP contribution is -2.48. The summed E-state index contributed by atoms with van der Waals surface area (Å²) >= 11 is 0. The Morgan fingerprint density at radius 2 is 1.75 bits per heavy atom. The van der Waals surface area contributed by atoms with Crippen LogP contribution in [0, 0.1) is 5.41 Å². The quantitative estimate of drug-likeness (QED) is 0.0967. The van der Waals surface area contributed by atoms with Gasteiger partial charge in [-0.25, -0.2) is 4.79 Å². The Hall–Kier alpha value is -4.21. The largest absolute Gasteiger partial charge is 0.493 e. The van der Waals surface area contributed by atoms with E-state index in [1.54, 1.807) is 0 Å². The van der Waals surface area contributed by atoms with Crippen LogP contribution in [0.1, 0.15) is 22.3 Å². The van der Waals surface area contributed by atoms with E-state index in [0.717, 1.165) is 7.05 Å². The molecule has 0 aliphatic carbocycles. The summed E-state index contributed by atoms with van der Waals surface area (Å²) in [5, 5.41) is 27.8. The summed E-state index contributed by atoms with van der Waals surface area (Å²) in [6.45, 7) is -0.290. The first-order valence-electron chi connectivity index (χ1n) is 10.1. The highest BCUT2D eigenvalue weighted by Gasteiger charge is 2.33. The predicted molar refractivity (Wildman–Crippen MR) is 127 cm³/mol. The van der Waals surface area contributed by atoms with E-state index >= 15 is 0 Å². The van der Waals surface area contributed by atoms with Crippen LogP contribution in [0.2, 0.25) is 0 Å². The van der Waals surface area contributed by atoms with Gasteiger partial charge >= 0.3 is 17.9 Å². The number of benzene rings is 2. The number of rotatable bonds is 12. The molecule has 0 unspecified atom stereocenters. The number of methoxy groups -OCH3 is 1. The second-order valence-corrected chi connectivity index (χ2v) is 9.10. The van der Waals surface area contributed by atoms with E-state index in [-0.39, 0.29) is 29.6 Å². The molecule has 14 nitrogen and oxygen atoms in total. The average molecular weight is 524 g/mol. The van der Waals surface area contributed by atoms with Gasteiger partial charge in [0, 0.05) is 19.3 Å². The summed E-state index contributed by atoms with van der Waals surface area (Å²) in [6.07, 6.45) is -0.920. The highest BCUT2D eigenvalue weighted by atomic mass is 32.2. The van der Waals surface area contributed by atoms with Crippen molar-refractivity contribution in [2.75, 3.05) is 19.5 Å². The molecule has 2 aromatic rings. The lowest BCUT2D eigenvalue weighted by molar-refractivity contribution is -0.147. The lowest BCUT2D eigenvalue weighted by atomic mass is 10.2. The zero-order valence-corrected chi connectivity index (χ0v) is 20.0. The number of esters is 1. The van der Waals surface area contributed by atoms with Crippen LogP contribution >= 0.6 is 0 Å². The molecule has 2 rings (SSSR count). The van der Waals surface area contributed by atoms with Crippen molar-refractivity contribution < 1.29 is 42.5 Å². The number of guanidine groups is 1. The number of carboxylic acid groups (broad SMARTS) is 2. The van der Waals surface area contributed by atoms with E-state index in [1.165, 1.54) is 49.6 Å². The Labute approximate surface area is 206 Å². The number of aliphatic carboxylic acids is 2. The lowest BCUT2D eigenvalue weighted by Gasteiger charge is -2.23. The Balaban J connectivity index is 2.10. The molecule has 0 aromatic heterocycles. The van der Waals surface area contributed by atoms with Gasteiger partial charge < -0.3 is 30.7 Å². The Morgan fingerprint density at radius 1 is 1.11 bits per heavy atom. The number of ether oxygens (including phenoxy) is 2. The van der Waals surface area contributed by atoms with Crippen LogP contribution in [-0.4, -0.2) is 67.0 Å². The second-order valence-electron chi connectivity index (χ2n) is 7.29. The molecule has 0 aliphatic heterocycles. The van der Waals surface area contributed by atoms with Gasteiger partial charge in [-0.15, -0.1) is 0 Å². The SMILES string of the molecule is COc1cc(CNS(=O)(=O)N(C)[C@@H](CC(=O)O)C(=O)O)ccc1OC(=O)c1ccc(NC(=N)N)cc1. The Bertz CT molecular complexity index is 1250. The molecule has 15 heteroatoms. The number of nitrogens with one attached hydrogen (secondary N) is 3. The zero-order chi connectivity index (χ0) is 27.0. The van der Waals surface area contributed by atoms with Gasteiger partial charge in [0.15, 0.2) is 17.5 Å². The Morgan fingerprint density at radius 3 is 2.28 bits per heavy atom. The van der Waals surface area contributed by atoms with Gasteiger partial charge in [-0.05, 0) is 42.0 Å². The maximum absolute atomic E-state index is 12.5. The van der Waals surface area contributed by atoms with Crippen LogP contribution in [-0.2, 0) is 26.3 Å². The summed E-state index contributed by atoms with van der Waals surface area (Å²) < 4.78 is 38.1. The third kappa shape index (κ3) is 7.66. The number of anilines is 1. The van der Waals surface area contributed by atoms with Crippen LogP contribution < -0.4 is 25.2 Å². The summed E-state index contributed by atoms with van der Waals surface area (Å²) in [7, 11) is -2.08. The van der Waals surface area contributed by atoms with Crippen molar-refractivity contribution in [1.29, 1.82) is 5.41 Å². The molecule has 0 saturated heterocycles. The minimum Gasteiger partial charge on any atom is -0.493 e. The molecular formula is C21H25N5O9S. The molecule has 7 N–H and O–H groups in total. The maximum Gasteiger partial charge on any atom is 0.343 e. The third-order valence-electron chi connectivity index (χ3n) is 4.76. The van der Waals surface area contributed by atoms with Crippen molar-refractivity contribution in [2.24, 2.45) is 5.73 Å². The molecule has 0 aliphatic rings. The molecular weight excluding hydrogens is 498 g/mol. The monoisotopic (exact) mass is 523 g/mol. The summed E-state index contributed by atoms with van der Waals surface area (Å²) in [5.41, 5.74) is 6.35. The van der Waals surface area contributed by atoms with E-state index in [0.29, 0.717) is 15.6 Å². The number of likely N-dealkylation sites (N-methyl/N-ethyl adjacent to an activating group) is 1. The molecule has 1 atom stereocenters. The molecule has 0 bridgehead atoms. The molecule has 2 aromatic carbocycles. The fourth-order valence-corrected chi connectivity index (χ4v) is 3.94. The summed E-state index contributed by atoms with van der Waals surface area (Å²) in [4.78, 5) is 34.6. The number of hydrogen-bond donors (Lipinski definition) is 6. The van der Waals surface area contributed by atoms with E-state index in [4.69, 9.17) is 25.7 Å². The van der Waals surface area contributed by atoms with E-state index in [2.05, 4.69) is 10.0 Å². The summed E-state index contributed by atoms with van der Waals surface area (Å²) in [6, 6.07) is 8.46. The normalized spacial score (nSPS) is 12.0. The molecule has 0 spiro atoms. The van der Waals surface area contributed by atoms with Crippen molar-refractivity contribution in [3.63, 3.8) is 0 Å². The van der Waals surface area contributed by atoms with Crippen molar-refractivity contribution in [3.8, 4) is 11.5 Å². The van der Waals surface area contributed by atoms with Crippen LogP contribution in [0.5, 0.6) is 11.5 Å². The van der Waals surface area contributed by atoms with Gasteiger partial charge in [-0.3, -0.25) is 15.0 Å². The highest BCUT2D eigenvalue weighted by molar-refractivity contribution is 7.87. The van der Waals surface area contributed by atoms with Gasteiger partial charge in [-0.2, -0.15) is 17.4 Å². The van der Waals surface area contributed by atoms with Gasteiger partial charge in [0.05, 0.1) is 19.1 Å². The molecule has 36 heavy (non-hydrogen) atoms. The number of nitrogens with zero attached hydrogens (tertiary/aromatic N) is 1. The third-order valence-corrected chi connectivity index (χ3v) is 6.28. The topological polar surface area (TPSA) is 221 Å². The first-order valence-corrected chi connectivity index (χ1v) is 11.6. The van der Waals surface area contributed by atoms with Crippen molar-refractivity contribution in [2.45, 2.75) is 19.0 Å². The van der Waals surface area contributed by atoms with Gasteiger partial charge in [0.1, 0.15) is 6.04 Å². The molecule has 0 saturated carbocycles. The minimum absolute atomic E-state index is 0.0598. The smallest absolute Gasteiger partial charge is 0.343 e. The molecule has 0 heterocycles.